The number of anilines is 3. The number of amides is 2. The van der Waals surface area contributed by atoms with Crippen LogP contribution in [0.2, 0.25) is 0 Å². The highest BCUT2D eigenvalue weighted by molar-refractivity contribution is 14.1. The molecule has 1 aromatic heterocycles. The Bertz CT molecular complexity index is 1380. The summed E-state index contributed by atoms with van der Waals surface area (Å²) in [6, 6.07) is 14.2. The van der Waals surface area contributed by atoms with Crippen molar-refractivity contribution in [2.45, 2.75) is 0 Å². The summed E-state index contributed by atoms with van der Waals surface area (Å²) in [5.74, 6) is -2.62. The summed E-state index contributed by atoms with van der Waals surface area (Å²) in [6.07, 6.45) is 2.67. The number of halogens is 3. The summed E-state index contributed by atoms with van der Waals surface area (Å²) in [5.41, 5.74) is 6.05. The van der Waals surface area contributed by atoms with E-state index in [0.717, 1.165) is 12.1 Å². The van der Waals surface area contributed by atoms with Gasteiger partial charge < -0.3 is 25.5 Å². The average molecular weight is 575 g/mol. The zero-order valence-electron chi connectivity index (χ0n) is 17.3. The van der Waals surface area contributed by atoms with Gasteiger partial charge in [0.25, 0.3) is 11.8 Å². The van der Waals surface area contributed by atoms with Crippen molar-refractivity contribution in [3.63, 3.8) is 0 Å². The number of hydrogen-bond acceptors (Lipinski definition) is 5. The second-order valence-electron chi connectivity index (χ2n) is 7.04. The van der Waals surface area contributed by atoms with E-state index in [9.17, 15) is 18.4 Å². The Morgan fingerprint density at radius 2 is 1.82 bits per heavy atom. The standard InChI is InChI=1S/C24H16F2IN3O4/c25-14-8-20(30-19-5-4-15(27)10-18(19)26)22(23(28)31)21(9-14)34-17-3-1-2-16(11-17)29-24(32)13-6-7-33-12-13/h1-12,30H,(H2,28,31)(H,29,32). The normalized spacial score (nSPS) is 10.6. The molecule has 0 aliphatic rings. The number of nitrogens with one attached hydrogen (secondary N) is 2. The van der Waals surface area contributed by atoms with Crippen LogP contribution in [0.15, 0.2) is 77.6 Å². The van der Waals surface area contributed by atoms with Gasteiger partial charge in [0.2, 0.25) is 0 Å². The number of benzene rings is 3. The molecule has 0 fully saturated rings. The Labute approximate surface area is 206 Å². The maximum atomic E-state index is 14.4. The zero-order valence-corrected chi connectivity index (χ0v) is 19.4. The third-order valence-corrected chi connectivity index (χ3v) is 5.29. The van der Waals surface area contributed by atoms with Crippen molar-refractivity contribution < 1.29 is 27.5 Å². The maximum absolute atomic E-state index is 14.4. The van der Waals surface area contributed by atoms with Crippen molar-refractivity contribution in [2.75, 3.05) is 10.6 Å². The number of primary amides is 1. The zero-order chi connectivity index (χ0) is 24.2. The third-order valence-electron chi connectivity index (χ3n) is 4.62. The van der Waals surface area contributed by atoms with Crippen LogP contribution in [0.3, 0.4) is 0 Å². The summed E-state index contributed by atoms with van der Waals surface area (Å²) in [5, 5.41) is 5.38. The van der Waals surface area contributed by atoms with Crippen molar-refractivity contribution in [2.24, 2.45) is 5.73 Å². The third kappa shape index (κ3) is 5.34. The Morgan fingerprint density at radius 1 is 1.00 bits per heavy atom. The quantitative estimate of drug-likeness (QED) is 0.233. The van der Waals surface area contributed by atoms with Crippen LogP contribution in [-0.4, -0.2) is 11.8 Å². The fourth-order valence-corrected chi connectivity index (χ4v) is 3.57. The van der Waals surface area contributed by atoms with Gasteiger partial charge in [-0.05, 0) is 65.1 Å². The maximum Gasteiger partial charge on any atom is 0.258 e. The van der Waals surface area contributed by atoms with Crippen molar-refractivity contribution in [1.29, 1.82) is 0 Å². The molecule has 0 saturated carbocycles. The van der Waals surface area contributed by atoms with E-state index in [2.05, 4.69) is 10.6 Å². The topological polar surface area (TPSA) is 107 Å². The molecule has 0 unspecified atom stereocenters. The van der Waals surface area contributed by atoms with Crippen LogP contribution in [0.4, 0.5) is 25.8 Å². The van der Waals surface area contributed by atoms with Crippen LogP contribution in [0, 0.1) is 15.2 Å². The number of hydrogen-bond donors (Lipinski definition) is 3. The van der Waals surface area contributed by atoms with Gasteiger partial charge in [-0.3, -0.25) is 9.59 Å². The van der Waals surface area contributed by atoms with Gasteiger partial charge in [-0.2, -0.15) is 0 Å². The van der Waals surface area contributed by atoms with E-state index >= 15 is 0 Å². The highest BCUT2D eigenvalue weighted by Crippen LogP contribution is 2.35. The van der Waals surface area contributed by atoms with E-state index in [1.54, 1.807) is 24.3 Å². The molecule has 4 N–H and O–H groups in total. The molecule has 7 nitrogen and oxygen atoms in total. The molecule has 4 aromatic rings. The first-order valence-corrected chi connectivity index (χ1v) is 10.8. The number of furan rings is 1. The minimum absolute atomic E-state index is 0.0309. The predicted octanol–water partition coefficient (Wildman–Crippen LogP) is 6.05. The molecule has 2 amide bonds. The van der Waals surface area contributed by atoms with Crippen LogP contribution in [-0.2, 0) is 0 Å². The molecular formula is C24H16F2IN3O4. The van der Waals surface area contributed by atoms with Gasteiger partial charge in [-0.15, -0.1) is 0 Å². The molecule has 0 radical (unpaired) electrons. The lowest BCUT2D eigenvalue weighted by molar-refractivity contribution is 0.0996. The molecule has 3 aromatic carbocycles. The molecule has 172 valence electrons. The first-order chi connectivity index (χ1) is 16.3. The SMILES string of the molecule is NC(=O)c1c(Nc2ccc(I)cc2F)cc(F)cc1Oc1cccc(NC(=O)c2ccoc2)c1. The van der Waals surface area contributed by atoms with Crippen molar-refractivity contribution in [1.82, 2.24) is 0 Å². The molecule has 1 heterocycles. The van der Waals surface area contributed by atoms with Crippen molar-refractivity contribution >= 4 is 51.5 Å². The predicted molar refractivity (Wildman–Crippen MR) is 130 cm³/mol. The van der Waals surface area contributed by atoms with Crippen LogP contribution in [0.5, 0.6) is 11.5 Å². The first-order valence-electron chi connectivity index (χ1n) is 9.77. The van der Waals surface area contributed by atoms with Crippen LogP contribution in [0.25, 0.3) is 0 Å². The molecule has 0 atom stereocenters. The highest BCUT2D eigenvalue weighted by Gasteiger charge is 2.20. The van der Waals surface area contributed by atoms with Crippen molar-refractivity contribution in [3.8, 4) is 11.5 Å². The van der Waals surface area contributed by atoms with Crippen LogP contribution < -0.4 is 21.1 Å². The Kier molecular flexibility index (Phi) is 6.77. The number of ether oxygens (including phenoxy) is 1. The lowest BCUT2D eigenvalue weighted by Crippen LogP contribution is -2.15. The fraction of sp³-hybridized carbons (Fsp3) is 0. The number of carbonyl (C=O) groups excluding carboxylic acids is 2. The van der Waals surface area contributed by atoms with Crippen molar-refractivity contribution in [3.05, 3.63) is 99.5 Å². The summed E-state index contributed by atoms with van der Waals surface area (Å²) in [6.45, 7) is 0. The van der Waals surface area contributed by atoms with E-state index in [4.69, 9.17) is 14.9 Å². The van der Waals surface area contributed by atoms with E-state index in [0.29, 0.717) is 14.8 Å². The van der Waals surface area contributed by atoms with E-state index in [1.165, 1.54) is 36.8 Å². The molecule has 0 bridgehead atoms. The fourth-order valence-electron chi connectivity index (χ4n) is 3.11. The number of rotatable bonds is 7. The lowest BCUT2D eigenvalue weighted by atomic mass is 10.1. The molecule has 0 aliphatic heterocycles. The van der Waals surface area contributed by atoms with Gasteiger partial charge in [-0.1, -0.05) is 6.07 Å². The minimum atomic E-state index is -0.909. The average Bonchev–Trinajstić information content (AvgIpc) is 3.31. The molecule has 4 rings (SSSR count). The monoisotopic (exact) mass is 575 g/mol. The minimum Gasteiger partial charge on any atom is -0.472 e. The molecular weight excluding hydrogens is 559 g/mol. The van der Waals surface area contributed by atoms with Gasteiger partial charge in [0.05, 0.1) is 23.2 Å². The number of nitrogens with two attached hydrogens (primary N) is 1. The smallest absolute Gasteiger partial charge is 0.258 e. The Balaban J connectivity index is 1.64. The van der Waals surface area contributed by atoms with Gasteiger partial charge in [0.15, 0.2) is 0 Å². The van der Waals surface area contributed by atoms with E-state index in [-0.39, 0.29) is 28.4 Å². The Morgan fingerprint density at radius 3 is 2.53 bits per heavy atom. The van der Waals surface area contributed by atoms with Gasteiger partial charge in [-0.25, -0.2) is 8.78 Å². The van der Waals surface area contributed by atoms with Gasteiger partial charge in [0.1, 0.15) is 35.0 Å². The molecule has 34 heavy (non-hydrogen) atoms. The lowest BCUT2D eigenvalue weighted by Gasteiger charge is -2.16. The second-order valence-corrected chi connectivity index (χ2v) is 8.28. The molecule has 10 heteroatoms. The van der Waals surface area contributed by atoms with E-state index < -0.39 is 23.4 Å². The number of carbonyl (C=O) groups is 2. The van der Waals surface area contributed by atoms with E-state index in [1.807, 2.05) is 22.6 Å². The van der Waals surface area contributed by atoms with Gasteiger partial charge in [0, 0.05) is 21.4 Å². The first kappa shape index (κ1) is 23.2. The second kappa shape index (κ2) is 9.91. The summed E-state index contributed by atoms with van der Waals surface area (Å²) >= 11 is 1.95. The molecule has 0 spiro atoms. The highest BCUT2D eigenvalue weighted by atomic mass is 127. The summed E-state index contributed by atoms with van der Waals surface area (Å²) in [4.78, 5) is 24.5. The largest absolute Gasteiger partial charge is 0.472 e. The van der Waals surface area contributed by atoms with Crippen LogP contribution >= 0.6 is 22.6 Å². The molecule has 0 aliphatic carbocycles. The van der Waals surface area contributed by atoms with Crippen LogP contribution in [0.1, 0.15) is 20.7 Å². The Hall–Kier alpha value is -3.93. The van der Waals surface area contributed by atoms with Gasteiger partial charge >= 0.3 is 0 Å². The molecule has 0 saturated heterocycles. The summed E-state index contributed by atoms with van der Waals surface area (Å²) in [7, 11) is 0. The summed E-state index contributed by atoms with van der Waals surface area (Å²) < 4.78 is 40.0.